The first-order valence-electron chi connectivity index (χ1n) is 14.2. The summed E-state index contributed by atoms with van der Waals surface area (Å²) >= 11 is 0. The number of nitrogens with zero attached hydrogens (tertiary/aromatic N) is 4. The van der Waals surface area contributed by atoms with Crippen molar-refractivity contribution < 1.29 is 28.5 Å². The van der Waals surface area contributed by atoms with E-state index in [0.29, 0.717) is 25.7 Å². The van der Waals surface area contributed by atoms with Gasteiger partial charge >= 0.3 is 0 Å². The Kier molecular flexibility index (Phi) is 15.4. The fraction of sp³-hybridized carbons (Fsp3) is 0.867. The predicted molar refractivity (Wildman–Crippen MR) is 153 cm³/mol. The quantitative estimate of drug-likeness (QED) is 0.131. The molecule has 228 valence electrons. The van der Waals surface area contributed by atoms with Crippen molar-refractivity contribution in [3.05, 3.63) is 0 Å². The SMILES string of the molecule is CC(C)OC(C)C(=O)C(C)(C)OCCCC(C)(C#N)N=NC(C)(C#N)CCCOC(C)(C)C(=O)C(C)OC(C)C. The van der Waals surface area contributed by atoms with E-state index in [2.05, 4.69) is 22.4 Å². The highest BCUT2D eigenvalue weighted by Gasteiger charge is 2.35. The largest absolute Gasteiger partial charge is 0.368 e. The highest BCUT2D eigenvalue weighted by molar-refractivity contribution is 5.90. The molecule has 0 aromatic carbocycles. The van der Waals surface area contributed by atoms with Gasteiger partial charge in [0.2, 0.25) is 0 Å². The molecule has 0 aliphatic rings. The monoisotopic (exact) mass is 564 g/mol. The number of carbonyl (C=O) groups is 2. The van der Waals surface area contributed by atoms with Gasteiger partial charge in [0.1, 0.15) is 23.4 Å². The van der Waals surface area contributed by atoms with Crippen molar-refractivity contribution >= 4 is 11.6 Å². The van der Waals surface area contributed by atoms with E-state index in [-0.39, 0.29) is 37.0 Å². The zero-order chi connectivity index (χ0) is 31.4. The third-order valence-electron chi connectivity index (χ3n) is 6.39. The Balaban J connectivity index is 4.94. The zero-order valence-electron chi connectivity index (χ0n) is 26.8. The number of carbonyl (C=O) groups excluding carboxylic acids is 2. The number of ether oxygens (including phenoxy) is 4. The lowest BCUT2D eigenvalue weighted by Crippen LogP contribution is -2.43. The molecule has 0 radical (unpaired) electrons. The Morgan fingerprint density at radius 2 is 0.950 bits per heavy atom. The van der Waals surface area contributed by atoms with Crippen LogP contribution in [0.5, 0.6) is 0 Å². The summed E-state index contributed by atoms with van der Waals surface area (Å²) in [6.45, 7) is 21.5. The van der Waals surface area contributed by atoms with Crippen LogP contribution in [0.1, 0.15) is 109 Å². The minimum Gasteiger partial charge on any atom is -0.368 e. The second-order valence-corrected chi connectivity index (χ2v) is 12.3. The highest BCUT2D eigenvalue weighted by atomic mass is 16.5. The lowest BCUT2D eigenvalue weighted by Gasteiger charge is -2.28. The normalized spacial score (nSPS) is 17.2. The standard InChI is InChI=1S/C30H52N4O6/c1-21(2)39-23(5)25(35)27(7,8)37-17-13-15-29(11,19-31)33-34-30(12,20-32)16-14-18-38-28(9,10)26(36)24(6)40-22(3)4/h21-24H,13-18H2,1-12H3. The van der Waals surface area contributed by atoms with E-state index in [1.807, 2.05) is 27.7 Å². The topological polar surface area (TPSA) is 143 Å². The second-order valence-electron chi connectivity index (χ2n) is 12.3. The molecule has 0 heterocycles. The van der Waals surface area contributed by atoms with Gasteiger partial charge in [-0.1, -0.05) is 0 Å². The Hall–Kier alpha value is -2.24. The van der Waals surface area contributed by atoms with Crippen LogP contribution in [0.25, 0.3) is 0 Å². The molecule has 0 aliphatic heterocycles. The van der Waals surface area contributed by atoms with Crippen molar-refractivity contribution in [1.29, 1.82) is 10.5 Å². The van der Waals surface area contributed by atoms with Gasteiger partial charge in [0.25, 0.3) is 0 Å². The number of hydrogen-bond acceptors (Lipinski definition) is 10. The lowest BCUT2D eigenvalue weighted by atomic mass is 9.97. The van der Waals surface area contributed by atoms with E-state index < -0.39 is 34.5 Å². The van der Waals surface area contributed by atoms with Crippen molar-refractivity contribution in [3.63, 3.8) is 0 Å². The maximum absolute atomic E-state index is 12.7. The molecular weight excluding hydrogens is 512 g/mol. The van der Waals surface area contributed by atoms with Gasteiger partial charge in [-0.05, 0) is 109 Å². The summed E-state index contributed by atoms with van der Waals surface area (Å²) in [6.07, 6.45) is 0.305. The first-order valence-corrected chi connectivity index (χ1v) is 14.2. The molecule has 10 heteroatoms. The molecule has 0 amide bonds. The molecule has 4 unspecified atom stereocenters. The van der Waals surface area contributed by atoms with Crippen molar-refractivity contribution in [2.45, 2.75) is 155 Å². The van der Waals surface area contributed by atoms with Gasteiger partial charge in [-0.3, -0.25) is 9.59 Å². The zero-order valence-corrected chi connectivity index (χ0v) is 26.8. The van der Waals surface area contributed by atoms with Gasteiger partial charge in [-0.15, -0.1) is 0 Å². The van der Waals surface area contributed by atoms with Crippen molar-refractivity contribution in [1.82, 2.24) is 0 Å². The van der Waals surface area contributed by atoms with E-state index in [1.165, 1.54) is 0 Å². The summed E-state index contributed by atoms with van der Waals surface area (Å²) in [5, 5.41) is 28.0. The fourth-order valence-corrected chi connectivity index (χ4v) is 4.03. The van der Waals surface area contributed by atoms with Gasteiger partial charge in [0.15, 0.2) is 22.6 Å². The smallest absolute Gasteiger partial charge is 0.192 e. The first-order chi connectivity index (χ1) is 18.2. The molecule has 0 aliphatic carbocycles. The molecule has 0 N–H and O–H groups in total. The molecule has 0 bridgehead atoms. The van der Waals surface area contributed by atoms with E-state index in [1.54, 1.807) is 55.4 Å². The van der Waals surface area contributed by atoms with E-state index in [0.717, 1.165) is 0 Å². The summed E-state index contributed by atoms with van der Waals surface area (Å²) in [6, 6.07) is 4.35. The average Bonchev–Trinajstić information content (AvgIpc) is 2.86. The number of nitriles is 2. The van der Waals surface area contributed by atoms with Crippen molar-refractivity contribution in [2.75, 3.05) is 13.2 Å². The number of ketones is 2. The molecule has 0 rings (SSSR count). The highest BCUT2D eigenvalue weighted by Crippen LogP contribution is 2.25. The summed E-state index contributed by atoms with van der Waals surface area (Å²) in [5.74, 6) is -0.298. The number of rotatable bonds is 20. The van der Waals surface area contributed by atoms with Gasteiger partial charge in [-0.2, -0.15) is 20.8 Å². The second kappa shape index (κ2) is 16.3. The lowest BCUT2D eigenvalue weighted by molar-refractivity contribution is -0.154. The summed E-state index contributed by atoms with van der Waals surface area (Å²) in [5.41, 5.74) is -4.36. The third-order valence-corrected chi connectivity index (χ3v) is 6.39. The molecule has 0 spiro atoms. The van der Waals surface area contributed by atoms with Gasteiger partial charge in [-0.25, -0.2) is 0 Å². The predicted octanol–water partition coefficient (Wildman–Crippen LogP) is 5.92. The molecule has 4 atom stereocenters. The fourth-order valence-electron chi connectivity index (χ4n) is 4.03. The minimum atomic E-state index is -1.15. The van der Waals surface area contributed by atoms with Crippen molar-refractivity contribution in [2.24, 2.45) is 10.2 Å². The minimum absolute atomic E-state index is 0.0717. The number of Topliss-reactive ketones (excluding diaryl/α,β-unsaturated/α-hetero) is 2. The van der Waals surface area contributed by atoms with Crippen LogP contribution in [0.2, 0.25) is 0 Å². The molecule has 10 nitrogen and oxygen atoms in total. The Morgan fingerprint density at radius 1 is 0.650 bits per heavy atom. The molecular formula is C30H52N4O6. The van der Waals surface area contributed by atoms with Crippen molar-refractivity contribution in [3.8, 4) is 12.1 Å². The molecule has 0 aromatic rings. The van der Waals surface area contributed by atoms with Crippen LogP contribution in [0.4, 0.5) is 0 Å². The van der Waals surface area contributed by atoms with E-state index in [4.69, 9.17) is 18.9 Å². The Labute approximate surface area is 241 Å². The van der Waals surface area contributed by atoms with Crippen LogP contribution < -0.4 is 0 Å². The maximum Gasteiger partial charge on any atom is 0.192 e. The Bertz CT molecular complexity index is 859. The van der Waals surface area contributed by atoms with Gasteiger partial charge in [0.05, 0.1) is 24.3 Å². The van der Waals surface area contributed by atoms with E-state index in [9.17, 15) is 20.1 Å². The molecule has 0 saturated carbocycles. The molecule has 0 fully saturated rings. The van der Waals surface area contributed by atoms with Crippen LogP contribution >= 0.6 is 0 Å². The molecule has 0 aromatic heterocycles. The molecule has 40 heavy (non-hydrogen) atoms. The summed E-state index contributed by atoms with van der Waals surface area (Å²) < 4.78 is 22.8. The average molecular weight is 565 g/mol. The van der Waals surface area contributed by atoms with Crippen LogP contribution in [-0.4, -0.2) is 71.5 Å². The Morgan fingerprint density at radius 3 is 1.20 bits per heavy atom. The number of azo groups is 1. The van der Waals surface area contributed by atoms with Crippen LogP contribution in [0, 0.1) is 22.7 Å². The van der Waals surface area contributed by atoms with Crippen LogP contribution in [-0.2, 0) is 28.5 Å². The van der Waals surface area contributed by atoms with Crippen LogP contribution in [0.15, 0.2) is 10.2 Å². The molecule has 0 saturated heterocycles. The van der Waals surface area contributed by atoms with E-state index >= 15 is 0 Å². The third kappa shape index (κ3) is 13.4. The summed E-state index contributed by atoms with van der Waals surface area (Å²) in [7, 11) is 0. The van der Waals surface area contributed by atoms with Gasteiger partial charge in [0, 0.05) is 13.2 Å². The summed E-state index contributed by atoms with van der Waals surface area (Å²) in [4.78, 5) is 25.3. The first kappa shape index (κ1) is 37.8. The van der Waals surface area contributed by atoms with Gasteiger partial charge < -0.3 is 18.9 Å². The van der Waals surface area contributed by atoms with Crippen LogP contribution in [0.3, 0.4) is 0 Å². The maximum atomic E-state index is 12.7. The number of hydrogen-bond donors (Lipinski definition) is 0.